The van der Waals surface area contributed by atoms with E-state index >= 15 is 0 Å². The minimum Gasteiger partial charge on any atom is -0.491 e. The summed E-state index contributed by atoms with van der Waals surface area (Å²) >= 11 is 0. The summed E-state index contributed by atoms with van der Waals surface area (Å²) in [4.78, 5) is 39.7. The quantitative estimate of drug-likeness (QED) is 0.607. The van der Waals surface area contributed by atoms with Crippen LogP contribution in [-0.4, -0.2) is 42.0 Å². The number of amides is 2. The molecule has 1 heterocycles. The maximum absolute atomic E-state index is 12.4. The number of imide groups is 1. The smallest absolute Gasteiger partial charge is 0.340 e. The molecule has 0 atom stereocenters. The molecule has 1 aromatic rings. The zero-order valence-corrected chi connectivity index (χ0v) is 15.5. The fourth-order valence-corrected chi connectivity index (χ4v) is 2.35. The molecule has 0 saturated carbocycles. The molecule has 0 fully saturated rings. The second-order valence-electron chi connectivity index (χ2n) is 5.69. The van der Waals surface area contributed by atoms with E-state index in [1.165, 1.54) is 12.3 Å². The molecular weight excluding hydrogens is 338 g/mol. The van der Waals surface area contributed by atoms with Crippen LogP contribution in [-0.2, 0) is 9.53 Å². The molecule has 1 rings (SSSR count). The Morgan fingerprint density at radius 1 is 1.19 bits per heavy atom. The van der Waals surface area contributed by atoms with E-state index in [1.54, 1.807) is 6.92 Å². The minimum atomic E-state index is -0.737. The van der Waals surface area contributed by atoms with Gasteiger partial charge in [-0.1, -0.05) is 26.7 Å². The van der Waals surface area contributed by atoms with E-state index in [4.69, 9.17) is 15.2 Å². The van der Waals surface area contributed by atoms with Crippen molar-refractivity contribution >= 4 is 17.8 Å². The summed E-state index contributed by atoms with van der Waals surface area (Å²) in [5, 5.41) is 2.10. The van der Waals surface area contributed by atoms with E-state index in [9.17, 15) is 14.4 Å². The second kappa shape index (κ2) is 11.2. The average molecular weight is 365 g/mol. The highest BCUT2D eigenvalue weighted by Crippen LogP contribution is 2.20. The molecule has 144 valence electrons. The van der Waals surface area contributed by atoms with E-state index in [0.29, 0.717) is 0 Å². The maximum atomic E-state index is 12.4. The monoisotopic (exact) mass is 365 g/mol. The number of carbonyl (C=O) groups is 3. The lowest BCUT2D eigenvalue weighted by Gasteiger charge is -2.17. The van der Waals surface area contributed by atoms with Gasteiger partial charge < -0.3 is 15.2 Å². The molecule has 8 nitrogen and oxygen atoms in total. The molecule has 0 saturated heterocycles. The van der Waals surface area contributed by atoms with Crippen molar-refractivity contribution in [3.05, 3.63) is 23.5 Å². The Morgan fingerprint density at radius 3 is 2.38 bits per heavy atom. The molecule has 0 unspecified atom stereocenters. The molecule has 26 heavy (non-hydrogen) atoms. The molecule has 0 spiro atoms. The summed E-state index contributed by atoms with van der Waals surface area (Å²) in [7, 11) is 0. The van der Waals surface area contributed by atoms with Gasteiger partial charge in [-0.3, -0.25) is 14.9 Å². The molecule has 0 bridgehead atoms. The molecule has 0 aliphatic carbocycles. The SMILES string of the molecule is CCCC(CCC)OC(=O)c1cnc(C(=O)NC(=O)CN)c(OCC)c1. The predicted octanol–water partition coefficient (Wildman–Crippen LogP) is 1.82. The third-order valence-corrected chi connectivity index (χ3v) is 3.54. The number of hydrogen-bond donors (Lipinski definition) is 2. The Morgan fingerprint density at radius 2 is 1.85 bits per heavy atom. The van der Waals surface area contributed by atoms with Gasteiger partial charge in [0, 0.05) is 6.20 Å². The third kappa shape index (κ3) is 6.44. The standard InChI is InChI=1S/C18H27N3O5/c1-4-7-13(8-5-2)26-18(24)12-9-14(25-6-3)16(20-11-12)17(23)21-15(22)10-19/h9,11,13H,4-8,10,19H2,1-3H3,(H,21,22,23). The van der Waals surface area contributed by atoms with Gasteiger partial charge in [-0.15, -0.1) is 0 Å². The lowest BCUT2D eigenvalue weighted by atomic mass is 10.1. The van der Waals surface area contributed by atoms with Crippen molar-refractivity contribution in [2.24, 2.45) is 5.73 Å². The van der Waals surface area contributed by atoms with Crippen LogP contribution in [0.5, 0.6) is 5.75 Å². The predicted molar refractivity (Wildman–Crippen MR) is 96.0 cm³/mol. The highest BCUT2D eigenvalue weighted by molar-refractivity contribution is 6.06. The largest absolute Gasteiger partial charge is 0.491 e. The van der Waals surface area contributed by atoms with Crippen LogP contribution in [0, 0.1) is 0 Å². The van der Waals surface area contributed by atoms with Gasteiger partial charge in [-0.05, 0) is 25.8 Å². The number of pyridine rings is 1. The molecular formula is C18H27N3O5. The van der Waals surface area contributed by atoms with Crippen LogP contribution >= 0.6 is 0 Å². The average Bonchev–Trinajstić information content (AvgIpc) is 2.62. The number of aromatic nitrogens is 1. The Balaban J connectivity index is 3.00. The van der Waals surface area contributed by atoms with E-state index in [2.05, 4.69) is 10.3 Å². The van der Waals surface area contributed by atoms with Gasteiger partial charge in [0.2, 0.25) is 5.91 Å². The maximum Gasteiger partial charge on any atom is 0.340 e. The highest BCUT2D eigenvalue weighted by Gasteiger charge is 2.21. The highest BCUT2D eigenvalue weighted by atomic mass is 16.5. The number of nitrogens with one attached hydrogen (secondary N) is 1. The fourth-order valence-electron chi connectivity index (χ4n) is 2.35. The van der Waals surface area contributed by atoms with Crippen molar-refractivity contribution in [3.63, 3.8) is 0 Å². The number of hydrogen-bond acceptors (Lipinski definition) is 7. The Kier molecular flexibility index (Phi) is 9.29. The van der Waals surface area contributed by atoms with Crippen LogP contribution in [0.1, 0.15) is 67.3 Å². The van der Waals surface area contributed by atoms with Crippen LogP contribution in [0.3, 0.4) is 0 Å². The lowest BCUT2D eigenvalue weighted by molar-refractivity contribution is -0.118. The molecule has 2 amide bonds. The van der Waals surface area contributed by atoms with Gasteiger partial charge in [-0.2, -0.15) is 0 Å². The van der Waals surface area contributed by atoms with E-state index in [0.717, 1.165) is 25.7 Å². The molecule has 3 N–H and O–H groups in total. The Labute approximate surface area is 153 Å². The van der Waals surface area contributed by atoms with Gasteiger partial charge in [0.15, 0.2) is 11.4 Å². The molecule has 8 heteroatoms. The van der Waals surface area contributed by atoms with Gasteiger partial charge in [-0.25, -0.2) is 9.78 Å². The first kappa shape index (κ1) is 21.6. The van der Waals surface area contributed by atoms with Crippen molar-refractivity contribution in [1.82, 2.24) is 10.3 Å². The number of ether oxygens (including phenoxy) is 2. The normalized spacial score (nSPS) is 10.5. The number of carbonyl (C=O) groups excluding carboxylic acids is 3. The molecule has 0 aromatic carbocycles. The molecule has 0 aliphatic rings. The van der Waals surface area contributed by atoms with Crippen LogP contribution in [0.2, 0.25) is 0 Å². The van der Waals surface area contributed by atoms with Crippen molar-refractivity contribution in [1.29, 1.82) is 0 Å². The topological polar surface area (TPSA) is 121 Å². The zero-order chi connectivity index (χ0) is 19.5. The third-order valence-electron chi connectivity index (χ3n) is 3.54. The number of esters is 1. The van der Waals surface area contributed by atoms with Gasteiger partial charge >= 0.3 is 5.97 Å². The van der Waals surface area contributed by atoms with E-state index in [-0.39, 0.29) is 36.3 Å². The fraction of sp³-hybridized carbons (Fsp3) is 0.556. The van der Waals surface area contributed by atoms with Crippen molar-refractivity contribution in [2.75, 3.05) is 13.2 Å². The van der Waals surface area contributed by atoms with E-state index in [1.807, 2.05) is 13.8 Å². The summed E-state index contributed by atoms with van der Waals surface area (Å²) < 4.78 is 10.9. The van der Waals surface area contributed by atoms with E-state index < -0.39 is 17.8 Å². The first-order valence-electron chi connectivity index (χ1n) is 8.84. The van der Waals surface area contributed by atoms with Crippen molar-refractivity contribution < 1.29 is 23.9 Å². The number of nitrogens with zero attached hydrogens (tertiary/aromatic N) is 1. The van der Waals surface area contributed by atoms with Crippen molar-refractivity contribution in [2.45, 2.75) is 52.6 Å². The van der Waals surface area contributed by atoms with Crippen LogP contribution in [0.4, 0.5) is 0 Å². The Hall–Kier alpha value is -2.48. The summed E-state index contributed by atoms with van der Waals surface area (Å²) in [6.45, 7) is 5.73. The van der Waals surface area contributed by atoms with Gasteiger partial charge in [0.05, 0.1) is 18.7 Å². The first-order chi connectivity index (χ1) is 12.5. The number of rotatable bonds is 10. The van der Waals surface area contributed by atoms with Crippen LogP contribution in [0.15, 0.2) is 12.3 Å². The van der Waals surface area contributed by atoms with Gasteiger partial charge in [0.1, 0.15) is 6.10 Å². The second-order valence-corrected chi connectivity index (χ2v) is 5.69. The molecule has 0 radical (unpaired) electrons. The van der Waals surface area contributed by atoms with Crippen molar-refractivity contribution in [3.8, 4) is 5.75 Å². The summed E-state index contributed by atoms with van der Waals surface area (Å²) in [5.41, 5.74) is 5.27. The molecule has 0 aliphatic heterocycles. The van der Waals surface area contributed by atoms with Gasteiger partial charge in [0.25, 0.3) is 5.91 Å². The summed E-state index contributed by atoms with van der Waals surface area (Å²) in [5.74, 6) is -1.79. The Bertz CT molecular complexity index is 627. The summed E-state index contributed by atoms with van der Waals surface area (Å²) in [6.07, 6.45) is 4.48. The minimum absolute atomic E-state index is 0.0936. The van der Waals surface area contributed by atoms with Crippen LogP contribution in [0.25, 0.3) is 0 Å². The molecule has 1 aromatic heterocycles. The lowest BCUT2D eigenvalue weighted by Crippen LogP contribution is -2.36. The van der Waals surface area contributed by atoms with Crippen LogP contribution < -0.4 is 15.8 Å². The zero-order valence-electron chi connectivity index (χ0n) is 15.5. The summed E-state index contributed by atoms with van der Waals surface area (Å²) in [6, 6.07) is 1.40. The number of nitrogens with two attached hydrogens (primary N) is 1. The first-order valence-corrected chi connectivity index (χ1v) is 8.84.